The second-order valence-electron chi connectivity index (χ2n) is 4.27. The summed E-state index contributed by atoms with van der Waals surface area (Å²) in [6.45, 7) is 0.614. The van der Waals surface area contributed by atoms with E-state index in [4.69, 9.17) is 15.2 Å². The van der Waals surface area contributed by atoms with E-state index in [0.717, 1.165) is 12.8 Å². The van der Waals surface area contributed by atoms with Gasteiger partial charge in [-0.05, 0) is 34.8 Å². The molecule has 0 radical (unpaired) electrons. The molecule has 0 spiro atoms. The zero-order valence-electron chi connectivity index (χ0n) is 8.56. The van der Waals surface area contributed by atoms with Crippen LogP contribution in [0.1, 0.15) is 18.4 Å². The first kappa shape index (κ1) is 10.4. The zero-order chi connectivity index (χ0) is 11.3. The molecule has 5 heteroatoms. The Bertz CT molecular complexity index is 460. The van der Waals surface area contributed by atoms with Crippen LogP contribution in [0.15, 0.2) is 10.5 Å². The van der Waals surface area contributed by atoms with Crippen molar-refractivity contribution in [3.63, 3.8) is 0 Å². The van der Waals surface area contributed by atoms with Gasteiger partial charge >= 0.3 is 0 Å². The fourth-order valence-electron chi connectivity index (χ4n) is 2.10. The number of benzene rings is 1. The largest absolute Gasteiger partial charge is 0.454 e. The number of hydrogen-bond donors (Lipinski definition) is 1. The molecule has 0 bridgehead atoms. The number of ether oxygens (including phenoxy) is 2. The molecule has 1 heterocycles. The first-order valence-electron chi connectivity index (χ1n) is 5.16. The molecule has 3 nitrogen and oxygen atoms in total. The van der Waals surface area contributed by atoms with Crippen LogP contribution in [-0.4, -0.2) is 13.3 Å². The molecule has 1 aliphatic heterocycles. The Morgan fingerprint density at radius 1 is 1.44 bits per heavy atom. The minimum Gasteiger partial charge on any atom is -0.454 e. The van der Waals surface area contributed by atoms with Crippen LogP contribution in [-0.2, 0) is 5.41 Å². The van der Waals surface area contributed by atoms with E-state index in [2.05, 4.69) is 15.9 Å². The Labute approximate surface area is 101 Å². The lowest BCUT2D eigenvalue weighted by Gasteiger charge is -2.15. The van der Waals surface area contributed by atoms with Crippen molar-refractivity contribution in [2.24, 2.45) is 5.73 Å². The zero-order valence-corrected chi connectivity index (χ0v) is 10.1. The smallest absolute Gasteiger partial charge is 0.231 e. The monoisotopic (exact) mass is 287 g/mol. The third kappa shape index (κ3) is 1.28. The molecule has 2 aliphatic rings. The molecule has 1 saturated carbocycles. The number of rotatable bonds is 2. The Balaban J connectivity index is 2.17. The van der Waals surface area contributed by atoms with Crippen molar-refractivity contribution in [3.05, 3.63) is 21.9 Å². The van der Waals surface area contributed by atoms with Crippen molar-refractivity contribution in [1.82, 2.24) is 0 Å². The van der Waals surface area contributed by atoms with Crippen LogP contribution >= 0.6 is 15.9 Å². The number of nitrogens with two attached hydrogens (primary N) is 1. The van der Waals surface area contributed by atoms with Gasteiger partial charge < -0.3 is 15.2 Å². The average Bonchev–Trinajstić information content (AvgIpc) is 2.95. The van der Waals surface area contributed by atoms with E-state index in [0.29, 0.717) is 28.1 Å². The standard InChI is InChI=1S/C11H11BrFNO2/c12-8-9(13)6(11(4-14)1-2-11)3-7-10(8)16-5-15-7/h3H,1-2,4-5,14H2. The Morgan fingerprint density at radius 3 is 2.81 bits per heavy atom. The molecule has 0 aromatic heterocycles. The van der Waals surface area contributed by atoms with Crippen LogP contribution in [0, 0.1) is 5.82 Å². The molecule has 86 valence electrons. The van der Waals surface area contributed by atoms with E-state index in [9.17, 15) is 4.39 Å². The predicted octanol–water partition coefficient (Wildman–Crippen LogP) is 2.31. The van der Waals surface area contributed by atoms with Crippen LogP contribution in [0.3, 0.4) is 0 Å². The quantitative estimate of drug-likeness (QED) is 0.908. The van der Waals surface area contributed by atoms with Gasteiger partial charge in [0.2, 0.25) is 6.79 Å². The SMILES string of the molecule is NCC1(c2cc3c(c(Br)c2F)OCO3)CC1. The molecule has 1 aliphatic carbocycles. The van der Waals surface area contributed by atoms with Gasteiger partial charge in [-0.15, -0.1) is 0 Å². The van der Waals surface area contributed by atoms with E-state index in [1.54, 1.807) is 6.07 Å². The van der Waals surface area contributed by atoms with Gasteiger partial charge in [0.05, 0.1) is 4.47 Å². The van der Waals surface area contributed by atoms with Crippen molar-refractivity contribution >= 4 is 15.9 Å². The molecular weight excluding hydrogens is 277 g/mol. The first-order valence-corrected chi connectivity index (χ1v) is 5.95. The minimum atomic E-state index is -0.271. The third-order valence-corrected chi connectivity index (χ3v) is 4.07. The summed E-state index contributed by atoms with van der Waals surface area (Å²) in [5.74, 6) is 0.782. The van der Waals surface area contributed by atoms with Gasteiger partial charge in [0.25, 0.3) is 0 Å². The van der Waals surface area contributed by atoms with Gasteiger partial charge in [0.1, 0.15) is 5.82 Å². The highest BCUT2D eigenvalue weighted by molar-refractivity contribution is 9.10. The number of fused-ring (bicyclic) bond motifs is 1. The van der Waals surface area contributed by atoms with Gasteiger partial charge in [-0.3, -0.25) is 0 Å². The topological polar surface area (TPSA) is 44.5 Å². The second kappa shape index (κ2) is 3.34. The Hall–Kier alpha value is -0.810. The van der Waals surface area contributed by atoms with E-state index in [1.165, 1.54) is 0 Å². The van der Waals surface area contributed by atoms with Crippen molar-refractivity contribution in [2.45, 2.75) is 18.3 Å². The third-order valence-electron chi connectivity index (χ3n) is 3.36. The molecule has 2 N–H and O–H groups in total. The summed E-state index contributed by atoms with van der Waals surface area (Å²) in [6.07, 6.45) is 1.87. The molecular formula is C11H11BrFNO2. The van der Waals surface area contributed by atoms with E-state index in [-0.39, 0.29) is 18.0 Å². The summed E-state index contributed by atoms with van der Waals surface area (Å²) in [6, 6.07) is 1.72. The van der Waals surface area contributed by atoms with Crippen LogP contribution < -0.4 is 15.2 Å². The van der Waals surface area contributed by atoms with Crippen molar-refractivity contribution < 1.29 is 13.9 Å². The van der Waals surface area contributed by atoms with Gasteiger partial charge in [0.15, 0.2) is 11.5 Å². The lowest BCUT2D eigenvalue weighted by Crippen LogP contribution is -2.21. The molecule has 1 fully saturated rings. The Morgan fingerprint density at radius 2 is 2.19 bits per heavy atom. The molecule has 0 saturated heterocycles. The molecule has 1 aromatic carbocycles. The van der Waals surface area contributed by atoms with Gasteiger partial charge in [-0.25, -0.2) is 4.39 Å². The lowest BCUT2D eigenvalue weighted by atomic mass is 9.95. The van der Waals surface area contributed by atoms with Crippen molar-refractivity contribution in [3.8, 4) is 11.5 Å². The highest BCUT2D eigenvalue weighted by Crippen LogP contribution is 2.53. The molecule has 0 amide bonds. The van der Waals surface area contributed by atoms with Crippen molar-refractivity contribution in [1.29, 1.82) is 0 Å². The lowest BCUT2D eigenvalue weighted by molar-refractivity contribution is 0.173. The predicted molar refractivity (Wildman–Crippen MR) is 60.2 cm³/mol. The second-order valence-corrected chi connectivity index (χ2v) is 5.06. The summed E-state index contributed by atoms with van der Waals surface area (Å²) in [7, 11) is 0. The maximum absolute atomic E-state index is 14.1. The maximum Gasteiger partial charge on any atom is 0.231 e. The normalized spacial score (nSPS) is 19.9. The molecule has 16 heavy (non-hydrogen) atoms. The van der Waals surface area contributed by atoms with Crippen LogP contribution in [0.4, 0.5) is 4.39 Å². The van der Waals surface area contributed by atoms with Crippen LogP contribution in [0.2, 0.25) is 0 Å². The fourth-order valence-corrected chi connectivity index (χ4v) is 2.62. The molecule has 3 rings (SSSR count). The van der Waals surface area contributed by atoms with E-state index < -0.39 is 0 Å². The minimum absolute atomic E-state index is 0.145. The number of halogens is 2. The van der Waals surface area contributed by atoms with Crippen LogP contribution in [0.25, 0.3) is 0 Å². The summed E-state index contributed by atoms with van der Waals surface area (Å²) in [5.41, 5.74) is 6.17. The summed E-state index contributed by atoms with van der Waals surface area (Å²) < 4.78 is 25.0. The average molecular weight is 288 g/mol. The molecule has 0 atom stereocenters. The fraction of sp³-hybridized carbons (Fsp3) is 0.455. The van der Waals surface area contributed by atoms with Gasteiger partial charge in [-0.2, -0.15) is 0 Å². The van der Waals surface area contributed by atoms with Crippen molar-refractivity contribution in [2.75, 3.05) is 13.3 Å². The van der Waals surface area contributed by atoms with E-state index >= 15 is 0 Å². The molecule has 1 aromatic rings. The maximum atomic E-state index is 14.1. The van der Waals surface area contributed by atoms with Gasteiger partial charge in [-0.1, -0.05) is 0 Å². The summed E-state index contributed by atoms with van der Waals surface area (Å²) in [4.78, 5) is 0. The highest BCUT2D eigenvalue weighted by atomic mass is 79.9. The first-order chi connectivity index (χ1) is 7.68. The van der Waals surface area contributed by atoms with E-state index in [1.807, 2.05) is 0 Å². The molecule has 0 unspecified atom stereocenters. The van der Waals surface area contributed by atoms with Crippen LogP contribution in [0.5, 0.6) is 11.5 Å². The Kier molecular flexibility index (Phi) is 2.16. The summed E-state index contributed by atoms with van der Waals surface area (Å²) >= 11 is 3.21. The van der Waals surface area contributed by atoms with Gasteiger partial charge in [0, 0.05) is 17.5 Å². The summed E-state index contributed by atoms with van der Waals surface area (Å²) in [5, 5.41) is 0. The highest BCUT2D eigenvalue weighted by Gasteiger charge is 2.46. The number of hydrogen-bond acceptors (Lipinski definition) is 3.